The molecule has 0 saturated carbocycles. The van der Waals surface area contributed by atoms with Crippen LogP contribution >= 0.6 is 0 Å². The Labute approximate surface area is 217 Å². The highest BCUT2D eigenvalue weighted by Crippen LogP contribution is 2.28. The summed E-state index contributed by atoms with van der Waals surface area (Å²) in [6.45, 7) is 1.52. The first-order valence-corrected chi connectivity index (χ1v) is 12.8. The van der Waals surface area contributed by atoms with Crippen molar-refractivity contribution >= 4 is 23.5 Å². The lowest BCUT2D eigenvalue weighted by atomic mass is 9.84. The van der Waals surface area contributed by atoms with E-state index in [-0.39, 0.29) is 30.4 Å². The van der Waals surface area contributed by atoms with Crippen LogP contribution in [0.2, 0.25) is 0 Å². The fourth-order valence-electron chi connectivity index (χ4n) is 5.30. The van der Waals surface area contributed by atoms with Gasteiger partial charge in [-0.3, -0.25) is 14.5 Å². The van der Waals surface area contributed by atoms with Crippen LogP contribution in [0.4, 0.5) is 10.5 Å². The van der Waals surface area contributed by atoms with Crippen molar-refractivity contribution in [2.75, 3.05) is 25.1 Å². The van der Waals surface area contributed by atoms with E-state index in [0.29, 0.717) is 38.8 Å². The molecule has 4 amide bonds. The largest absolute Gasteiger partial charge is 0.326 e. The first-order valence-electron chi connectivity index (χ1n) is 12.8. The number of nitrogens with one attached hydrogen (secondary N) is 2. The van der Waals surface area contributed by atoms with Gasteiger partial charge in [-0.05, 0) is 36.1 Å². The van der Waals surface area contributed by atoms with Gasteiger partial charge in [0.1, 0.15) is 5.54 Å². The van der Waals surface area contributed by atoms with Gasteiger partial charge in [-0.2, -0.15) is 0 Å². The molecule has 2 aliphatic rings. The molecule has 0 atom stereocenters. The highest BCUT2D eigenvalue weighted by molar-refractivity contribution is 6.07. The molecule has 0 bridgehead atoms. The van der Waals surface area contributed by atoms with Crippen LogP contribution in [0, 0.1) is 5.92 Å². The number of carbonyl (C=O) groups excluding carboxylic acids is 3. The maximum atomic E-state index is 13.8. The van der Waals surface area contributed by atoms with E-state index in [0.717, 1.165) is 16.8 Å². The number of likely N-dealkylation sites (tertiary alicyclic amines) is 1. The number of para-hydroxylation sites is 1. The Morgan fingerprint density at radius 2 is 1.32 bits per heavy atom. The van der Waals surface area contributed by atoms with E-state index in [2.05, 4.69) is 15.5 Å². The minimum absolute atomic E-state index is 0.0191. The number of nitrogens with zero attached hydrogens (tertiary/aromatic N) is 2. The third kappa shape index (κ3) is 5.73. The normalized spacial score (nSPS) is 18.0. The molecule has 0 aromatic heterocycles. The van der Waals surface area contributed by atoms with Crippen molar-refractivity contribution in [1.82, 2.24) is 15.1 Å². The Morgan fingerprint density at radius 1 is 0.811 bits per heavy atom. The van der Waals surface area contributed by atoms with Crippen molar-refractivity contribution in [2.45, 2.75) is 31.2 Å². The number of hydrogen-bond acceptors (Lipinski definition) is 4. The topological polar surface area (TPSA) is 81.8 Å². The minimum atomic E-state index is -1.03. The van der Waals surface area contributed by atoms with Crippen molar-refractivity contribution in [3.8, 4) is 0 Å². The summed E-state index contributed by atoms with van der Waals surface area (Å²) in [6, 6.07) is 28.7. The van der Waals surface area contributed by atoms with Gasteiger partial charge in [-0.1, -0.05) is 78.9 Å². The summed E-state index contributed by atoms with van der Waals surface area (Å²) in [7, 11) is 0. The summed E-state index contributed by atoms with van der Waals surface area (Å²) >= 11 is 0. The average molecular weight is 497 g/mol. The van der Waals surface area contributed by atoms with Gasteiger partial charge in [0.2, 0.25) is 5.91 Å². The van der Waals surface area contributed by atoms with Crippen LogP contribution in [0.1, 0.15) is 24.0 Å². The molecule has 2 heterocycles. The van der Waals surface area contributed by atoms with Crippen LogP contribution in [-0.2, 0) is 22.4 Å². The molecule has 0 unspecified atom stereocenters. The van der Waals surface area contributed by atoms with E-state index in [4.69, 9.17) is 0 Å². The van der Waals surface area contributed by atoms with Gasteiger partial charge in [0.15, 0.2) is 0 Å². The highest BCUT2D eigenvalue weighted by Gasteiger charge is 2.51. The molecule has 3 aromatic rings. The van der Waals surface area contributed by atoms with Gasteiger partial charge in [0.05, 0.1) is 6.67 Å². The number of urea groups is 1. The van der Waals surface area contributed by atoms with Crippen LogP contribution in [0.3, 0.4) is 0 Å². The number of imide groups is 1. The molecule has 2 fully saturated rings. The molecule has 2 aliphatic heterocycles. The lowest BCUT2D eigenvalue weighted by Crippen LogP contribution is -2.52. The van der Waals surface area contributed by atoms with Gasteiger partial charge < -0.3 is 10.6 Å². The number of hydrogen-bond donors (Lipinski definition) is 2. The molecule has 0 spiro atoms. The smallest absolute Gasteiger partial charge is 0.326 e. The molecular formula is C30H32N4O3. The fraction of sp³-hybridized carbons (Fsp3) is 0.300. The average Bonchev–Trinajstić information content (AvgIpc) is 3.14. The lowest BCUT2D eigenvalue weighted by molar-refractivity contribution is -0.133. The molecular weight excluding hydrogens is 464 g/mol. The van der Waals surface area contributed by atoms with Gasteiger partial charge in [0.25, 0.3) is 5.91 Å². The first-order chi connectivity index (χ1) is 18.0. The third-order valence-corrected chi connectivity index (χ3v) is 7.28. The Hall–Kier alpha value is -3.97. The van der Waals surface area contributed by atoms with Crippen molar-refractivity contribution in [2.24, 2.45) is 5.92 Å². The van der Waals surface area contributed by atoms with Gasteiger partial charge in [-0.25, -0.2) is 9.69 Å². The number of benzene rings is 3. The standard InChI is InChI=1S/C30H32N4O3/c35-27(31-26-14-8-3-9-15-26)25-16-18-33(19-17-25)22-34-28(36)30(32-29(34)37,20-23-10-4-1-5-11-23)21-24-12-6-2-7-13-24/h1-15,25H,16-22H2,(H,31,35)(H,32,37). The Kier molecular flexibility index (Phi) is 7.32. The second-order valence-electron chi connectivity index (χ2n) is 9.96. The van der Waals surface area contributed by atoms with Crippen LogP contribution < -0.4 is 10.6 Å². The molecule has 7 heteroatoms. The van der Waals surface area contributed by atoms with E-state index in [1.807, 2.05) is 91.0 Å². The highest BCUT2D eigenvalue weighted by atomic mass is 16.2. The Morgan fingerprint density at radius 3 is 1.86 bits per heavy atom. The Balaban J connectivity index is 1.25. The van der Waals surface area contributed by atoms with Crippen LogP contribution in [0.15, 0.2) is 91.0 Å². The molecule has 2 N–H and O–H groups in total. The van der Waals surface area contributed by atoms with Crippen molar-refractivity contribution in [1.29, 1.82) is 0 Å². The quantitative estimate of drug-likeness (QED) is 0.461. The molecule has 5 rings (SSSR count). The number of piperidine rings is 1. The molecule has 190 valence electrons. The SMILES string of the molecule is O=C(Nc1ccccc1)C1CCN(CN2C(=O)NC(Cc3ccccc3)(Cc3ccccc3)C2=O)CC1. The maximum absolute atomic E-state index is 13.8. The summed E-state index contributed by atoms with van der Waals surface area (Å²) in [5.41, 5.74) is 1.76. The molecule has 0 radical (unpaired) electrons. The zero-order valence-electron chi connectivity index (χ0n) is 20.8. The van der Waals surface area contributed by atoms with E-state index < -0.39 is 5.54 Å². The van der Waals surface area contributed by atoms with Crippen LogP contribution in [-0.4, -0.2) is 52.9 Å². The van der Waals surface area contributed by atoms with E-state index in [9.17, 15) is 14.4 Å². The van der Waals surface area contributed by atoms with E-state index >= 15 is 0 Å². The number of carbonyl (C=O) groups is 3. The minimum Gasteiger partial charge on any atom is -0.326 e. The van der Waals surface area contributed by atoms with Crippen molar-refractivity contribution in [3.05, 3.63) is 102 Å². The van der Waals surface area contributed by atoms with Crippen molar-refractivity contribution < 1.29 is 14.4 Å². The maximum Gasteiger partial charge on any atom is 0.326 e. The lowest BCUT2D eigenvalue weighted by Gasteiger charge is -2.33. The zero-order chi connectivity index (χ0) is 25.7. The van der Waals surface area contributed by atoms with Gasteiger partial charge >= 0.3 is 6.03 Å². The summed E-state index contributed by atoms with van der Waals surface area (Å²) in [5.74, 6) is -0.269. The predicted octanol–water partition coefficient (Wildman–Crippen LogP) is 4.07. The first kappa shape index (κ1) is 24.7. The summed E-state index contributed by atoms with van der Waals surface area (Å²) in [4.78, 5) is 43.1. The van der Waals surface area contributed by atoms with Crippen LogP contribution in [0.25, 0.3) is 0 Å². The number of amides is 4. The van der Waals surface area contributed by atoms with Gasteiger partial charge in [0, 0.05) is 37.5 Å². The Bertz CT molecular complexity index is 1180. The van der Waals surface area contributed by atoms with E-state index in [1.165, 1.54) is 4.90 Å². The molecule has 37 heavy (non-hydrogen) atoms. The zero-order valence-corrected chi connectivity index (χ0v) is 20.8. The van der Waals surface area contributed by atoms with Crippen molar-refractivity contribution in [3.63, 3.8) is 0 Å². The molecule has 0 aliphatic carbocycles. The monoisotopic (exact) mass is 496 g/mol. The van der Waals surface area contributed by atoms with Crippen LogP contribution in [0.5, 0.6) is 0 Å². The third-order valence-electron chi connectivity index (χ3n) is 7.28. The second-order valence-corrected chi connectivity index (χ2v) is 9.96. The second kappa shape index (κ2) is 11.0. The fourth-order valence-corrected chi connectivity index (χ4v) is 5.30. The predicted molar refractivity (Wildman–Crippen MR) is 143 cm³/mol. The number of anilines is 1. The van der Waals surface area contributed by atoms with Gasteiger partial charge in [-0.15, -0.1) is 0 Å². The molecule has 3 aromatic carbocycles. The molecule has 2 saturated heterocycles. The summed E-state index contributed by atoms with van der Waals surface area (Å²) in [5, 5.41) is 6.04. The molecule has 7 nitrogen and oxygen atoms in total. The summed E-state index contributed by atoms with van der Waals surface area (Å²) in [6.07, 6.45) is 2.21. The van der Waals surface area contributed by atoms with E-state index in [1.54, 1.807) is 0 Å². The number of rotatable bonds is 8. The summed E-state index contributed by atoms with van der Waals surface area (Å²) < 4.78 is 0.